The predicted molar refractivity (Wildman–Crippen MR) is 140 cm³/mol. The fourth-order valence-corrected chi connectivity index (χ4v) is 5.61. The lowest BCUT2D eigenvalue weighted by atomic mass is 10.0. The van der Waals surface area contributed by atoms with Crippen LogP contribution in [-0.2, 0) is 30.7 Å². The molecule has 0 aromatic heterocycles. The van der Waals surface area contributed by atoms with Crippen molar-refractivity contribution in [3.63, 3.8) is 0 Å². The highest BCUT2D eigenvalue weighted by Gasteiger charge is 2.34. The van der Waals surface area contributed by atoms with Gasteiger partial charge in [-0.05, 0) is 42.2 Å². The molecule has 1 heterocycles. The minimum absolute atomic E-state index is 0.0223. The summed E-state index contributed by atoms with van der Waals surface area (Å²) in [5, 5.41) is 13.9. The molecule has 3 rings (SSSR count). The number of aliphatic hydroxyl groups is 1. The van der Waals surface area contributed by atoms with Gasteiger partial charge in [0.25, 0.3) is 0 Å². The summed E-state index contributed by atoms with van der Waals surface area (Å²) in [7, 11) is -2.48. The minimum atomic E-state index is -3.97. The molecule has 38 heavy (non-hydrogen) atoms. The first kappa shape index (κ1) is 29.4. The molecule has 1 aliphatic rings. The number of carbonyl (C=O) groups is 2. The van der Waals surface area contributed by atoms with E-state index in [0.717, 1.165) is 12.0 Å². The molecule has 0 unspecified atom stereocenters. The van der Waals surface area contributed by atoms with Gasteiger partial charge in [-0.2, -0.15) is 4.31 Å². The number of aliphatic hydroxyl groups excluding tert-OH is 1. The lowest BCUT2D eigenvalue weighted by Crippen LogP contribution is -2.51. The molecule has 0 spiro atoms. The van der Waals surface area contributed by atoms with Gasteiger partial charge in [0.1, 0.15) is 5.75 Å². The van der Waals surface area contributed by atoms with E-state index >= 15 is 0 Å². The third-order valence-electron chi connectivity index (χ3n) is 6.50. The molecule has 2 aromatic carbocycles. The predicted octanol–water partition coefficient (Wildman–Crippen LogP) is 2.75. The summed E-state index contributed by atoms with van der Waals surface area (Å²) in [5.74, 6) is -0.0750. The van der Waals surface area contributed by atoms with E-state index in [1.165, 1.54) is 23.5 Å². The number of carbonyl (C=O) groups excluding carboxylic acids is 2. The molecule has 2 N–H and O–H groups in total. The Labute approximate surface area is 223 Å². The monoisotopic (exact) mass is 548 g/mol. The van der Waals surface area contributed by atoms with Gasteiger partial charge in [0, 0.05) is 19.5 Å². The van der Waals surface area contributed by atoms with Crippen LogP contribution in [-0.4, -0.2) is 74.9 Å². The maximum atomic E-state index is 13.6. The molecule has 0 saturated carbocycles. The summed E-state index contributed by atoms with van der Waals surface area (Å²) in [6, 6.07) is 14.3. The summed E-state index contributed by atoms with van der Waals surface area (Å²) in [4.78, 5) is 24.4. The Morgan fingerprint density at radius 2 is 1.84 bits per heavy atom. The van der Waals surface area contributed by atoms with Crippen LogP contribution in [0, 0.1) is 5.92 Å². The molecule has 11 heteroatoms. The smallest absolute Gasteiger partial charge is 0.408 e. The second-order valence-electron chi connectivity index (χ2n) is 9.37. The molecule has 10 nitrogen and oxygen atoms in total. The summed E-state index contributed by atoms with van der Waals surface area (Å²) in [6.45, 7) is 3.98. The van der Waals surface area contributed by atoms with Crippen LogP contribution in [0.2, 0.25) is 0 Å². The number of cyclic esters (lactones) is 1. The van der Waals surface area contributed by atoms with E-state index in [1.807, 2.05) is 44.2 Å². The zero-order chi connectivity index (χ0) is 27.7. The van der Waals surface area contributed by atoms with Gasteiger partial charge in [0.2, 0.25) is 16.1 Å². The van der Waals surface area contributed by atoms with Crippen molar-refractivity contribution in [3.05, 3.63) is 60.2 Å². The van der Waals surface area contributed by atoms with Crippen molar-refractivity contribution in [3.8, 4) is 5.75 Å². The van der Waals surface area contributed by atoms with Crippen LogP contribution in [0.25, 0.3) is 0 Å². The maximum Gasteiger partial charge on any atom is 0.408 e. The number of ether oxygens (including phenoxy) is 3. The van der Waals surface area contributed by atoms with Crippen molar-refractivity contribution < 1.29 is 37.3 Å². The number of nitrogens with one attached hydrogen (secondary N) is 1. The zero-order valence-electron chi connectivity index (χ0n) is 21.9. The van der Waals surface area contributed by atoms with E-state index in [9.17, 15) is 23.1 Å². The Balaban J connectivity index is 1.83. The average molecular weight is 549 g/mol. The topological polar surface area (TPSA) is 131 Å². The lowest BCUT2D eigenvalue weighted by Gasteiger charge is -2.31. The molecule has 208 valence electrons. The largest absolute Gasteiger partial charge is 0.497 e. The molecule has 0 aliphatic carbocycles. The number of methoxy groups -OCH3 is 1. The number of benzene rings is 2. The standard InChI is InChI=1S/C27H36N2O8S/c1-4-19(2)17-29(38(33,34)22-12-10-21(35-3)11-13-22)18-24(30)23(16-20-8-6-5-7-9-20)28-27(32)37-25-14-15-36-26(25)31/h5-13,19,23-25,30H,4,14-18H2,1-3H3,(H,28,32)/t19-,23-,24+,25-/m0/s1. The normalized spacial score (nSPS) is 17.9. The molecular formula is C27H36N2O8S. The number of hydrogen-bond acceptors (Lipinski definition) is 8. The number of rotatable bonds is 13. The third-order valence-corrected chi connectivity index (χ3v) is 8.35. The van der Waals surface area contributed by atoms with Crippen molar-refractivity contribution in [1.82, 2.24) is 9.62 Å². The van der Waals surface area contributed by atoms with Gasteiger partial charge in [-0.15, -0.1) is 0 Å². The molecule has 1 amide bonds. The van der Waals surface area contributed by atoms with Crippen LogP contribution in [0.3, 0.4) is 0 Å². The van der Waals surface area contributed by atoms with Gasteiger partial charge in [0.15, 0.2) is 0 Å². The first-order valence-electron chi connectivity index (χ1n) is 12.6. The Bertz CT molecular complexity index is 1160. The first-order valence-corrected chi connectivity index (χ1v) is 14.1. The molecule has 0 radical (unpaired) electrons. The first-order chi connectivity index (χ1) is 18.1. The highest BCUT2D eigenvalue weighted by atomic mass is 32.2. The van der Waals surface area contributed by atoms with Crippen LogP contribution in [0.5, 0.6) is 5.75 Å². The number of esters is 1. The van der Waals surface area contributed by atoms with Gasteiger partial charge in [-0.3, -0.25) is 0 Å². The van der Waals surface area contributed by atoms with Gasteiger partial charge >= 0.3 is 12.1 Å². The van der Waals surface area contributed by atoms with E-state index < -0.39 is 40.3 Å². The Hall–Kier alpha value is -3.15. The van der Waals surface area contributed by atoms with Crippen molar-refractivity contribution in [2.45, 2.75) is 56.3 Å². The van der Waals surface area contributed by atoms with Crippen LogP contribution < -0.4 is 10.1 Å². The summed E-state index contributed by atoms with van der Waals surface area (Å²) >= 11 is 0. The van der Waals surface area contributed by atoms with E-state index in [0.29, 0.717) is 5.75 Å². The second kappa shape index (κ2) is 13.6. The van der Waals surface area contributed by atoms with Crippen LogP contribution >= 0.6 is 0 Å². The number of alkyl carbamates (subject to hydrolysis) is 1. The fraction of sp³-hybridized carbons (Fsp3) is 0.481. The molecular weight excluding hydrogens is 512 g/mol. The summed E-state index contributed by atoms with van der Waals surface area (Å²) in [5.41, 5.74) is 0.823. The van der Waals surface area contributed by atoms with Gasteiger partial charge < -0.3 is 24.6 Å². The highest BCUT2D eigenvalue weighted by Crippen LogP contribution is 2.22. The quantitative estimate of drug-likeness (QED) is 0.365. The SMILES string of the molecule is CC[C@H](C)CN(C[C@@H](O)[C@H](Cc1ccccc1)NC(=O)O[C@H]1CCOC1=O)S(=O)(=O)c1ccc(OC)cc1. The van der Waals surface area contributed by atoms with E-state index in [-0.39, 0.29) is 43.4 Å². The van der Waals surface area contributed by atoms with E-state index in [1.54, 1.807) is 12.1 Å². The zero-order valence-corrected chi connectivity index (χ0v) is 22.7. The Morgan fingerprint density at radius 3 is 2.42 bits per heavy atom. The molecule has 2 aromatic rings. The molecule has 1 aliphatic heterocycles. The van der Waals surface area contributed by atoms with E-state index in [2.05, 4.69) is 5.32 Å². The number of hydrogen-bond donors (Lipinski definition) is 2. The van der Waals surface area contributed by atoms with Crippen LogP contribution in [0.4, 0.5) is 4.79 Å². The number of amides is 1. The van der Waals surface area contributed by atoms with Crippen LogP contribution in [0.1, 0.15) is 32.3 Å². The van der Waals surface area contributed by atoms with Crippen molar-refractivity contribution >= 4 is 22.1 Å². The highest BCUT2D eigenvalue weighted by molar-refractivity contribution is 7.89. The van der Waals surface area contributed by atoms with Crippen molar-refractivity contribution in [2.75, 3.05) is 26.8 Å². The van der Waals surface area contributed by atoms with E-state index in [4.69, 9.17) is 14.2 Å². The van der Waals surface area contributed by atoms with Crippen molar-refractivity contribution in [2.24, 2.45) is 5.92 Å². The maximum absolute atomic E-state index is 13.6. The second-order valence-corrected chi connectivity index (χ2v) is 11.3. The summed E-state index contributed by atoms with van der Waals surface area (Å²) in [6.07, 6.45) is -1.98. The Kier molecular flexibility index (Phi) is 10.5. The third kappa shape index (κ3) is 7.92. The molecule has 1 fully saturated rings. The average Bonchev–Trinajstić information content (AvgIpc) is 3.32. The van der Waals surface area contributed by atoms with Crippen LogP contribution in [0.15, 0.2) is 59.5 Å². The summed E-state index contributed by atoms with van der Waals surface area (Å²) < 4.78 is 43.6. The molecule has 1 saturated heterocycles. The van der Waals surface area contributed by atoms with Crippen molar-refractivity contribution in [1.29, 1.82) is 0 Å². The van der Waals surface area contributed by atoms with Gasteiger partial charge in [0.05, 0.1) is 30.8 Å². The fourth-order valence-electron chi connectivity index (χ4n) is 4.03. The minimum Gasteiger partial charge on any atom is -0.497 e. The van der Waals surface area contributed by atoms with Gasteiger partial charge in [-0.1, -0.05) is 50.6 Å². The Morgan fingerprint density at radius 1 is 1.16 bits per heavy atom. The van der Waals surface area contributed by atoms with Gasteiger partial charge in [-0.25, -0.2) is 18.0 Å². The number of nitrogens with zero attached hydrogens (tertiary/aromatic N) is 1. The molecule has 0 bridgehead atoms. The lowest BCUT2D eigenvalue weighted by molar-refractivity contribution is -0.144. The molecule has 4 atom stereocenters. The number of sulfonamides is 1.